The van der Waals surface area contributed by atoms with Crippen molar-refractivity contribution in [3.63, 3.8) is 0 Å². The van der Waals surface area contributed by atoms with Crippen LogP contribution in [0.4, 0.5) is 0 Å². The third-order valence-corrected chi connectivity index (χ3v) is 3.78. The summed E-state index contributed by atoms with van der Waals surface area (Å²) in [5, 5.41) is 3.52. The fraction of sp³-hybridized carbons (Fsp3) is 0.368. The zero-order chi connectivity index (χ0) is 14.7. The molecule has 0 bridgehead atoms. The Labute approximate surface area is 123 Å². The molecule has 0 saturated heterocycles. The predicted molar refractivity (Wildman–Crippen MR) is 88.1 cm³/mol. The lowest BCUT2D eigenvalue weighted by molar-refractivity contribution is 0.589. The standard InChI is InChI=1S/C19H25N/c1-13(2)20-12-18-8-6-14(3)10-19(18)17-9-7-15(4)16(5)11-17/h6-11,13,20H,12H2,1-5H3. The molecule has 1 heteroatoms. The van der Waals surface area contributed by atoms with Crippen molar-refractivity contribution in [1.82, 2.24) is 5.32 Å². The molecule has 20 heavy (non-hydrogen) atoms. The van der Waals surface area contributed by atoms with Crippen LogP contribution in [0.25, 0.3) is 11.1 Å². The first-order valence-electron chi connectivity index (χ1n) is 7.38. The maximum Gasteiger partial charge on any atom is 0.0214 e. The molecule has 1 N–H and O–H groups in total. The number of aryl methyl sites for hydroxylation is 3. The van der Waals surface area contributed by atoms with Crippen molar-refractivity contribution in [3.8, 4) is 11.1 Å². The maximum absolute atomic E-state index is 3.52. The number of hydrogen-bond acceptors (Lipinski definition) is 1. The molecule has 0 aliphatic heterocycles. The van der Waals surface area contributed by atoms with E-state index in [4.69, 9.17) is 0 Å². The second-order valence-electron chi connectivity index (χ2n) is 6.00. The van der Waals surface area contributed by atoms with E-state index in [1.165, 1.54) is 33.4 Å². The van der Waals surface area contributed by atoms with Gasteiger partial charge in [0.15, 0.2) is 0 Å². The molecule has 0 saturated carbocycles. The van der Waals surface area contributed by atoms with Crippen molar-refractivity contribution in [2.45, 2.75) is 47.2 Å². The van der Waals surface area contributed by atoms with Crippen LogP contribution in [0.1, 0.15) is 36.1 Å². The molecule has 1 nitrogen and oxygen atoms in total. The van der Waals surface area contributed by atoms with Gasteiger partial charge in [0, 0.05) is 12.6 Å². The summed E-state index contributed by atoms with van der Waals surface area (Å²) in [6, 6.07) is 14.0. The predicted octanol–water partition coefficient (Wildman–Crippen LogP) is 4.78. The van der Waals surface area contributed by atoms with Crippen molar-refractivity contribution >= 4 is 0 Å². The number of hydrogen-bond donors (Lipinski definition) is 1. The fourth-order valence-electron chi connectivity index (χ4n) is 2.34. The van der Waals surface area contributed by atoms with Gasteiger partial charge in [-0.05, 0) is 48.6 Å². The smallest absolute Gasteiger partial charge is 0.0214 e. The summed E-state index contributed by atoms with van der Waals surface area (Å²) < 4.78 is 0. The lowest BCUT2D eigenvalue weighted by Crippen LogP contribution is -2.22. The van der Waals surface area contributed by atoms with Crippen LogP contribution >= 0.6 is 0 Å². The van der Waals surface area contributed by atoms with Gasteiger partial charge in [-0.25, -0.2) is 0 Å². The highest BCUT2D eigenvalue weighted by molar-refractivity contribution is 5.69. The highest BCUT2D eigenvalue weighted by atomic mass is 14.9. The van der Waals surface area contributed by atoms with E-state index < -0.39 is 0 Å². The Morgan fingerprint density at radius 1 is 0.900 bits per heavy atom. The Kier molecular flexibility index (Phi) is 4.61. The molecule has 0 aliphatic carbocycles. The first-order valence-corrected chi connectivity index (χ1v) is 7.38. The van der Waals surface area contributed by atoms with Gasteiger partial charge in [-0.1, -0.05) is 55.8 Å². The summed E-state index contributed by atoms with van der Waals surface area (Å²) >= 11 is 0. The van der Waals surface area contributed by atoms with Gasteiger partial charge in [-0.15, -0.1) is 0 Å². The van der Waals surface area contributed by atoms with E-state index in [1.54, 1.807) is 0 Å². The Bertz CT molecular complexity index is 597. The van der Waals surface area contributed by atoms with Gasteiger partial charge < -0.3 is 5.32 Å². The first kappa shape index (κ1) is 14.8. The van der Waals surface area contributed by atoms with Crippen molar-refractivity contribution in [3.05, 3.63) is 58.7 Å². The third-order valence-electron chi connectivity index (χ3n) is 3.78. The van der Waals surface area contributed by atoms with Crippen LogP contribution in [0.3, 0.4) is 0 Å². The number of benzene rings is 2. The average Bonchev–Trinajstić information content (AvgIpc) is 2.40. The van der Waals surface area contributed by atoms with E-state index in [9.17, 15) is 0 Å². The number of rotatable bonds is 4. The van der Waals surface area contributed by atoms with E-state index >= 15 is 0 Å². The van der Waals surface area contributed by atoms with Crippen molar-refractivity contribution < 1.29 is 0 Å². The van der Waals surface area contributed by atoms with Gasteiger partial charge in [0.25, 0.3) is 0 Å². The molecule has 0 unspecified atom stereocenters. The quantitative estimate of drug-likeness (QED) is 0.841. The molecule has 0 amide bonds. The van der Waals surface area contributed by atoms with Gasteiger partial charge in [-0.3, -0.25) is 0 Å². The Morgan fingerprint density at radius 2 is 1.65 bits per heavy atom. The second kappa shape index (κ2) is 6.23. The summed E-state index contributed by atoms with van der Waals surface area (Å²) in [6.45, 7) is 11.8. The van der Waals surface area contributed by atoms with Gasteiger partial charge >= 0.3 is 0 Å². The van der Waals surface area contributed by atoms with Crippen LogP contribution in [0.5, 0.6) is 0 Å². The van der Waals surface area contributed by atoms with Crippen LogP contribution in [0.2, 0.25) is 0 Å². The highest BCUT2D eigenvalue weighted by Gasteiger charge is 2.07. The summed E-state index contributed by atoms with van der Waals surface area (Å²) in [7, 11) is 0. The largest absolute Gasteiger partial charge is 0.310 e. The molecular formula is C19H25N. The van der Waals surface area contributed by atoms with E-state index in [-0.39, 0.29) is 0 Å². The molecule has 2 rings (SSSR count). The first-order chi connectivity index (χ1) is 9.47. The molecule has 0 aliphatic rings. The number of nitrogens with one attached hydrogen (secondary N) is 1. The van der Waals surface area contributed by atoms with E-state index in [1.807, 2.05) is 0 Å². The Balaban J connectivity index is 2.42. The molecule has 0 spiro atoms. The molecule has 2 aromatic carbocycles. The third kappa shape index (κ3) is 3.49. The zero-order valence-electron chi connectivity index (χ0n) is 13.2. The monoisotopic (exact) mass is 267 g/mol. The van der Waals surface area contributed by atoms with Crippen LogP contribution in [-0.2, 0) is 6.54 Å². The maximum atomic E-state index is 3.52. The molecule has 0 atom stereocenters. The minimum absolute atomic E-state index is 0.504. The van der Waals surface area contributed by atoms with Crippen LogP contribution in [0.15, 0.2) is 36.4 Å². The minimum atomic E-state index is 0.504. The summed E-state index contributed by atoms with van der Waals surface area (Å²) in [4.78, 5) is 0. The molecule has 0 heterocycles. The second-order valence-corrected chi connectivity index (χ2v) is 6.00. The topological polar surface area (TPSA) is 12.0 Å². The van der Waals surface area contributed by atoms with Gasteiger partial charge in [0.2, 0.25) is 0 Å². The average molecular weight is 267 g/mol. The normalized spacial score (nSPS) is 11.1. The molecule has 106 valence electrons. The molecule has 2 aromatic rings. The van der Waals surface area contributed by atoms with Crippen LogP contribution in [-0.4, -0.2) is 6.04 Å². The van der Waals surface area contributed by atoms with Gasteiger partial charge in [0.05, 0.1) is 0 Å². The van der Waals surface area contributed by atoms with Crippen molar-refractivity contribution in [2.75, 3.05) is 0 Å². The lowest BCUT2D eigenvalue weighted by atomic mass is 9.95. The van der Waals surface area contributed by atoms with E-state index in [0.29, 0.717) is 6.04 Å². The van der Waals surface area contributed by atoms with Gasteiger partial charge in [0.1, 0.15) is 0 Å². The van der Waals surface area contributed by atoms with Crippen LogP contribution in [0, 0.1) is 20.8 Å². The molecule has 0 aromatic heterocycles. The Morgan fingerprint density at radius 3 is 2.30 bits per heavy atom. The zero-order valence-corrected chi connectivity index (χ0v) is 13.2. The van der Waals surface area contributed by atoms with Crippen LogP contribution < -0.4 is 5.32 Å². The lowest BCUT2D eigenvalue weighted by Gasteiger charge is -2.15. The molecular weight excluding hydrogens is 242 g/mol. The van der Waals surface area contributed by atoms with Crippen molar-refractivity contribution in [1.29, 1.82) is 0 Å². The highest BCUT2D eigenvalue weighted by Crippen LogP contribution is 2.27. The SMILES string of the molecule is Cc1ccc(CNC(C)C)c(-c2ccc(C)c(C)c2)c1. The van der Waals surface area contributed by atoms with Crippen molar-refractivity contribution in [2.24, 2.45) is 0 Å². The molecule has 0 fully saturated rings. The minimum Gasteiger partial charge on any atom is -0.310 e. The summed E-state index contributed by atoms with van der Waals surface area (Å²) in [5.74, 6) is 0. The fourth-order valence-corrected chi connectivity index (χ4v) is 2.34. The summed E-state index contributed by atoms with van der Waals surface area (Å²) in [6.07, 6.45) is 0. The summed E-state index contributed by atoms with van der Waals surface area (Å²) in [5.41, 5.74) is 8.05. The molecule has 0 radical (unpaired) electrons. The van der Waals surface area contributed by atoms with E-state index in [0.717, 1.165) is 6.54 Å². The van der Waals surface area contributed by atoms with E-state index in [2.05, 4.69) is 76.3 Å². The Hall–Kier alpha value is -1.60. The van der Waals surface area contributed by atoms with Gasteiger partial charge in [-0.2, -0.15) is 0 Å².